The molecule has 2 fully saturated rings. The van der Waals surface area contributed by atoms with Crippen LogP contribution in [-0.2, 0) is 11.4 Å². The van der Waals surface area contributed by atoms with Crippen molar-refractivity contribution in [2.24, 2.45) is 23.5 Å². The number of thioether (sulfide) groups is 1. The number of benzene rings is 1. The maximum atomic E-state index is 13.9. The predicted octanol–water partition coefficient (Wildman–Crippen LogP) is 3.57. The Labute approximate surface area is 168 Å². The van der Waals surface area contributed by atoms with Gasteiger partial charge in [-0.25, -0.2) is 4.39 Å². The first-order valence-electron chi connectivity index (χ1n) is 9.75. The van der Waals surface area contributed by atoms with E-state index in [2.05, 4.69) is 21.7 Å². The number of hydrogen-bond donors (Lipinski definition) is 1. The van der Waals surface area contributed by atoms with Crippen molar-refractivity contribution < 1.29 is 13.9 Å². The zero-order valence-corrected chi connectivity index (χ0v) is 16.7. The first-order valence-corrected chi connectivity index (χ1v) is 10.7. The minimum atomic E-state index is -0.405. The molecule has 1 aromatic heterocycles. The summed E-state index contributed by atoms with van der Waals surface area (Å²) >= 11 is 1.29. The molecule has 2 aromatic rings. The van der Waals surface area contributed by atoms with Gasteiger partial charge >= 0.3 is 0 Å². The first-order chi connectivity index (χ1) is 13.5. The van der Waals surface area contributed by atoms with Crippen molar-refractivity contribution in [2.45, 2.75) is 50.4 Å². The first kappa shape index (κ1) is 19.2. The highest BCUT2D eigenvalue weighted by molar-refractivity contribution is 7.99. The van der Waals surface area contributed by atoms with E-state index in [1.807, 2.05) is 0 Å². The molecule has 2 aliphatic carbocycles. The van der Waals surface area contributed by atoms with Crippen LogP contribution in [0.4, 0.5) is 4.39 Å². The highest BCUT2D eigenvalue weighted by Crippen LogP contribution is 2.52. The van der Waals surface area contributed by atoms with Crippen molar-refractivity contribution >= 4 is 17.7 Å². The van der Waals surface area contributed by atoms with Crippen LogP contribution in [0, 0.1) is 23.6 Å². The minimum Gasteiger partial charge on any atom is -0.483 e. The molecule has 1 aromatic carbocycles. The van der Waals surface area contributed by atoms with E-state index >= 15 is 0 Å². The summed E-state index contributed by atoms with van der Waals surface area (Å²) in [4.78, 5) is 11.2. The molecular weight excluding hydrogens is 379 g/mol. The van der Waals surface area contributed by atoms with Gasteiger partial charge in [-0.15, -0.1) is 10.2 Å². The number of primary amides is 1. The maximum Gasteiger partial charge on any atom is 0.227 e. The van der Waals surface area contributed by atoms with Gasteiger partial charge in [0.15, 0.2) is 22.5 Å². The van der Waals surface area contributed by atoms with Gasteiger partial charge in [-0.1, -0.05) is 30.3 Å². The predicted molar refractivity (Wildman–Crippen MR) is 104 cm³/mol. The Balaban J connectivity index is 1.56. The van der Waals surface area contributed by atoms with Crippen molar-refractivity contribution in [3.63, 3.8) is 0 Å². The number of carbonyl (C=O) groups excluding carboxylic acids is 1. The highest BCUT2D eigenvalue weighted by atomic mass is 32.2. The number of nitrogens with zero attached hydrogens (tertiary/aromatic N) is 3. The molecule has 2 bridgehead atoms. The van der Waals surface area contributed by atoms with E-state index in [4.69, 9.17) is 10.5 Å². The standard InChI is InChI=1S/C20H25FN4O2S/c1-12(15-9-13-6-7-14(15)8-13)25-19(23-24-20(25)28-11-18(22)26)10-27-17-5-3-2-4-16(17)21/h2-5,12-15H,6-11H2,1H3,(H2,22,26)/t12-,13-,14-,15+/m0/s1. The zero-order chi connectivity index (χ0) is 19.7. The Morgan fingerprint density at radius 3 is 2.86 bits per heavy atom. The molecule has 2 saturated carbocycles. The molecule has 8 heteroatoms. The van der Waals surface area contributed by atoms with Crippen LogP contribution in [0.2, 0.25) is 0 Å². The lowest BCUT2D eigenvalue weighted by molar-refractivity contribution is -0.115. The number of carbonyl (C=O) groups is 1. The van der Waals surface area contributed by atoms with Crippen molar-refractivity contribution in [2.75, 3.05) is 5.75 Å². The second-order valence-electron chi connectivity index (χ2n) is 7.82. The Bertz CT molecular complexity index is 858. The van der Waals surface area contributed by atoms with Gasteiger partial charge in [0.1, 0.15) is 6.61 Å². The lowest BCUT2D eigenvalue weighted by Crippen LogP contribution is -2.25. The molecule has 1 heterocycles. The quantitative estimate of drug-likeness (QED) is 0.680. The normalized spacial score (nSPS) is 24.4. The van der Waals surface area contributed by atoms with Crippen LogP contribution >= 0.6 is 11.8 Å². The Morgan fingerprint density at radius 2 is 2.18 bits per heavy atom. The Morgan fingerprint density at radius 1 is 1.36 bits per heavy atom. The topological polar surface area (TPSA) is 83.0 Å². The van der Waals surface area contributed by atoms with Gasteiger partial charge in [0.2, 0.25) is 5.91 Å². The van der Waals surface area contributed by atoms with Gasteiger partial charge in [0.25, 0.3) is 0 Å². The molecule has 2 aliphatic rings. The molecule has 0 unspecified atom stereocenters. The number of para-hydroxylation sites is 1. The summed E-state index contributed by atoms with van der Waals surface area (Å²) in [7, 11) is 0. The number of nitrogens with two attached hydrogens (primary N) is 1. The van der Waals surface area contributed by atoms with E-state index in [-0.39, 0.29) is 24.2 Å². The van der Waals surface area contributed by atoms with Crippen LogP contribution in [-0.4, -0.2) is 26.4 Å². The summed E-state index contributed by atoms with van der Waals surface area (Å²) < 4.78 is 21.6. The molecule has 0 spiro atoms. The van der Waals surface area contributed by atoms with Crippen LogP contribution in [0.3, 0.4) is 0 Å². The van der Waals surface area contributed by atoms with Gasteiger partial charge in [0.05, 0.1) is 5.75 Å². The fraction of sp³-hybridized carbons (Fsp3) is 0.550. The summed E-state index contributed by atoms with van der Waals surface area (Å²) in [6.07, 6.45) is 5.15. The average molecular weight is 405 g/mol. The second-order valence-corrected chi connectivity index (χ2v) is 8.76. The van der Waals surface area contributed by atoms with Gasteiger partial charge in [-0.05, 0) is 56.1 Å². The van der Waals surface area contributed by atoms with E-state index in [0.717, 1.165) is 11.8 Å². The van der Waals surface area contributed by atoms with Crippen molar-refractivity contribution in [3.8, 4) is 5.75 Å². The molecule has 0 radical (unpaired) electrons. The van der Waals surface area contributed by atoms with Crippen molar-refractivity contribution in [1.82, 2.24) is 14.8 Å². The van der Waals surface area contributed by atoms with E-state index in [0.29, 0.717) is 16.9 Å². The van der Waals surface area contributed by atoms with Crippen molar-refractivity contribution in [1.29, 1.82) is 0 Å². The summed E-state index contributed by atoms with van der Waals surface area (Å²) in [5, 5.41) is 9.23. The number of amides is 1. The number of fused-ring (bicyclic) bond motifs is 2. The van der Waals surface area contributed by atoms with Gasteiger partial charge in [-0.2, -0.15) is 0 Å². The smallest absolute Gasteiger partial charge is 0.227 e. The SMILES string of the molecule is C[C@@H]([C@H]1C[C@H]2CC[C@H]1C2)n1c(COc2ccccc2F)nnc1SCC(N)=O. The van der Waals surface area contributed by atoms with Gasteiger partial charge in [-0.3, -0.25) is 9.36 Å². The molecule has 1 amide bonds. The highest BCUT2D eigenvalue weighted by Gasteiger charge is 2.43. The number of aromatic nitrogens is 3. The maximum absolute atomic E-state index is 13.9. The van der Waals surface area contributed by atoms with E-state index < -0.39 is 11.7 Å². The van der Waals surface area contributed by atoms with Crippen molar-refractivity contribution in [3.05, 3.63) is 35.9 Å². The zero-order valence-electron chi connectivity index (χ0n) is 15.9. The molecular formula is C20H25FN4O2S. The van der Waals surface area contributed by atoms with Crippen LogP contribution in [0.5, 0.6) is 5.75 Å². The Kier molecular flexibility index (Phi) is 5.57. The monoisotopic (exact) mass is 404 g/mol. The second kappa shape index (κ2) is 8.11. The summed E-state index contributed by atoms with van der Waals surface area (Å²) in [6, 6.07) is 6.51. The van der Waals surface area contributed by atoms with E-state index in [1.54, 1.807) is 18.2 Å². The fourth-order valence-corrected chi connectivity index (χ4v) is 5.61. The third-order valence-corrected chi connectivity index (χ3v) is 7.06. The summed E-state index contributed by atoms with van der Waals surface area (Å²) in [6.45, 7) is 2.31. The van der Waals surface area contributed by atoms with E-state index in [1.165, 1.54) is 43.5 Å². The molecule has 0 saturated heterocycles. The molecule has 6 nitrogen and oxygen atoms in total. The van der Waals surface area contributed by atoms with Crippen LogP contribution < -0.4 is 10.5 Å². The van der Waals surface area contributed by atoms with Crippen LogP contribution in [0.15, 0.2) is 29.4 Å². The van der Waals surface area contributed by atoms with E-state index in [9.17, 15) is 9.18 Å². The van der Waals surface area contributed by atoms with Gasteiger partial charge < -0.3 is 10.5 Å². The summed E-state index contributed by atoms with van der Waals surface area (Å²) in [5.74, 6) is 2.31. The lowest BCUT2D eigenvalue weighted by atomic mass is 9.84. The van der Waals surface area contributed by atoms with Crippen LogP contribution in [0.1, 0.15) is 44.5 Å². The minimum absolute atomic E-state index is 0.121. The Hall–Kier alpha value is -2.09. The largest absolute Gasteiger partial charge is 0.483 e. The molecule has 4 atom stereocenters. The number of hydrogen-bond acceptors (Lipinski definition) is 5. The molecule has 0 aliphatic heterocycles. The molecule has 28 heavy (non-hydrogen) atoms. The average Bonchev–Trinajstić information content (AvgIpc) is 3.40. The number of halogens is 1. The van der Waals surface area contributed by atoms with Crippen LogP contribution in [0.25, 0.3) is 0 Å². The number of rotatable bonds is 8. The lowest BCUT2D eigenvalue weighted by Gasteiger charge is -2.30. The third-order valence-electron chi connectivity index (χ3n) is 6.09. The molecule has 150 valence electrons. The molecule has 4 rings (SSSR count). The number of ether oxygens (including phenoxy) is 1. The third kappa shape index (κ3) is 3.87. The molecule has 2 N–H and O–H groups in total. The fourth-order valence-electron chi connectivity index (χ4n) is 4.83. The van der Waals surface area contributed by atoms with Gasteiger partial charge in [0, 0.05) is 6.04 Å². The summed E-state index contributed by atoms with van der Waals surface area (Å²) in [5.41, 5.74) is 5.31.